The van der Waals surface area contributed by atoms with E-state index in [1.165, 1.54) is 16.6 Å². The number of carboxylic acid groups (broad SMARTS) is 1. The van der Waals surface area contributed by atoms with Crippen molar-refractivity contribution in [3.05, 3.63) is 76.1 Å². The van der Waals surface area contributed by atoms with E-state index in [1.807, 2.05) is 45.0 Å². The lowest BCUT2D eigenvalue weighted by Gasteiger charge is -2.45. The van der Waals surface area contributed by atoms with E-state index in [9.17, 15) is 13.2 Å². The number of rotatable bonds is 9. The molecule has 0 aromatic heterocycles. The van der Waals surface area contributed by atoms with Crippen molar-refractivity contribution in [3.8, 4) is 28.4 Å². The fourth-order valence-electron chi connectivity index (χ4n) is 6.72. The van der Waals surface area contributed by atoms with E-state index in [0.29, 0.717) is 56.2 Å². The third-order valence-electron chi connectivity index (χ3n) is 8.79. The number of aliphatic carboxylic acids is 1. The van der Waals surface area contributed by atoms with Crippen LogP contribution in [0.15, 0.2) is 42.5 Å². The second-order valence-electron chi connectivity index (χ2n) is 12.5. The molecule has 2 aliphatic heterocycles. The number of fused-ring (bicyclic) bond motifs is 2. The lowest BCUT2D eigenvalue weighted by Crippen LogP contribution is -2.58. The van der Waals surface area contributed by atoms with Crippen LogP contribution in [0.4, 0.5) is 4.39 Å². The van der Waals surface area contributed by atoms with Crippen molar-refractivity contribution in [2.45, 2.75) is 52.1 Å². The van der Waals surface area contributed by atoms with Gasteiger partial charge in [-0.1, -0.05) is 19.1 Å². The standard InChI is InChI=1S/C33H36FNO7S/c1-19-11-23(41-18-33(3)16-35(17-33)43(4,38)39)12-20(2)31(19)25-7-9-27(34)32-26(25)8-10-28(32)42-22-5-6-24-21(13-30(36)37)15-40-29(24)14-22/h5-7,9,11-12,14,21,28H,8,10,13,15-18H2,1-4H3,(H,36,37)/t21?,28-/m1/s1. The molecule has 1 fully saturated rings. The Bertz CT molecular complexity index is 1690. The zero-order chi connectivity index (χ0) is 30.7. The molecule has 1 unspecified atom stereocenters. The monoisotopic (exact) mass is 609 g/mol. The summed E-state index contributed by atoms with van der Waals surface area (Å²) in [5.41, 5.74) is 6.16. The maximum Gasteiger partial charge on any atom is 0.304 e. The van der Waals surface area contributed by atoms with Gasteiger partial charge in [0.05, 0.1) is 25.9 Å². The van der Waals surface area contributed by atoms with E-state index in [2.05, 4.69) is 0 Å². The van der Waals surface area contributed by atoms with Crippen molar-refractivity contribution in [2.75, 3.05) is 32.6 Å². The van der Waals surface area contributed by atoms with Gasteiger partial charge in [0.2, 0.25) is 10.0 Å². The Kier molecular flexibility index (Phi) is 7.41. The highest BCUT2D eigenvalue weighted by Gasteiger charge is 2.44. The van der Waals surface area contributed by atoms with Gasteiger partial charge in [-0.3, -0.25) is 4.79 Å². The van der Waals surface area contributed by atoms with Gasteiger partial charge >= 0.3 is 5.97 Å². The molecule has 0 spiro atoms. The van der Waals surface area contributed by atoms with E-state index < -0.39 is 22.1 Å². The Morgan fingerprint density at radius 1 is 1.12 bits per heavy atom. The average molecular weight is 610 g/mol. The zero-order valence-corrected chi connectivity index (χ0v) is 25.6. The van der Waals surface area contributed by atoms with Gasteiger partial charge < -0.3 is 19.3 Å². The molecule has 43 heavy (non-hydrogen) atoms. The topological polar surface area (TPSA) is 102 Å². The van der Waals surface area contributed by atoms with Crippen molar-refractivity contribution in [1.82, 2.24) is 4.31 Å². The smallest absolute Gasteiger partial charge is 0.304 e. The third kappa shape index (κ3) is 5.70. The minimum Gasteiger partial charge on any atom is -0.493 e. The molecule has 1 aliphatic carbocycles. The molecular formula is C33H36FNO7S. The number of ether oxygens (including phenoxy) is 3. The first kappa shape index (κ1) is 29.4. The van der Waals surface area contributed by atoms with Gasteiger partial charge in [-0.25, -0.2) is 17.1 Å². The molecule has 0 saturated carbocycles. The van der Waals surface area contributed by atoms with E-state index in [-0.39, 0.29) is 23.6 Å². The van der Waals surface area contributed by atoms with Gasteiger partial charge in [0.15, 0.2) is 0 Å². The van der Waals surface area contributed by atoms with Crippen LogP contribution in [0.5, 0.6) is 17.2 Å². The molecular weight excluding hydrogens is 573 g/mol. The van der Waals surface area contributed by atoms with E-state index in [4.69, 9.17) is 19.3 Å². The molecule has 0 amide bonds. The molecule has 6 rings (SSSR count). The van der Waals surface area contributed by atoms with Crippen molar-refractivity contribution in [3.63, 3.8) is 0 Å². The number of benzene rings is 3. The summed E-state index contributed by atoms with van der Waals surface area (Å²) in [7, 11) is -3.19. The number of aryl methyl sites for hydroxylation is 2. The van der Waals surface area contributed by atoms with Crippen LogP contribution in [0, 0.1) is 25.1 Å². The van der Waals surface area contributed by atoms with E-state index in [1.54, 1.807) is 12.1 Å². The number of halogens is 1. The Balaban J connectivity index is 1.20. The fourth-order valence-corrected chi connectivity index (χ4v) is 7.81. The van der Waals surface area contributed by atoms with Gasteiger partial charge in [0, 0.05) is 41.6 Å². The Hall–Kier alpha value is -3.63. The maximum atomic E-state index is 15.3. The molecule has 1 N–H and O–H groups in total. The average Bonchev–Trinajstić information content (AvgIpc) is 3.50. The SMILES string of the molecule is Cc1cc(OCC2(C)CN(S(C)(=O)=O)C2)cc(C)c1-c1ccc(F)c2c1CC[C@H]2Oc1ccc2c(c1)OCC2CC(=O)O. The first-order chi connectivity index (χ1) is 20.3. The highest BCUT2D eigenvalue weighted by Crippen LogP contribution is 2.45. The maximum absolute atomic E-state index is 15.3. The predicted molar refractivity (Wildman–Crippen MR) is 160 cm³/mol. The molecule has 228 valence electrons. The van der Waals surface area contributed by atoms with Crippen LogP contribution in [0.25, 0.3) is 11.1 Å². The molecule has 0 bridgehead atoms. The van der Waals surface area contributed by atoms with Crippen LogP contribution >= 0.6 is 0 Å². The highest BCUT2D eigenvalue weighted by molar-refractivity contribution is 7.88. The normalized spacial score (nSPS) is 20.6. The van der Waals surface area contributed by atoms with Crippen LogP contribution in [0.2, 0.25) is 0 Å². The minimum atomic E-state index is -3.19. The lowest BCUT2D eigenvalue weighted by atomic mass is 9.85. The predicted octanol–water partition coefficient (Wildman–Crippen LogP) is 5.79. The molecule has 3 aromatic carbocycles. The van der Waals surface area contributed by atoms with Gasteiger partial charge in [-0.15, -0.1) is 0 Å². The first-order valence-corrected chi connectivity index (χ1v) is 16.3. The van der Waals surface area contributed by atoms with Gasteiger partial charge in [-0.2, -0.15) is 0 Å². The number of hydrogen-bond acceptors (Lipinski definition) is 6. The zero-order valence-electron chi connectivity index (χ0n) is 24.8. The second-order valence-corrected chi connectivity index (χ2v) is 14.5. The highest BCUT2D eigenvalue weighted by atomic mass is 32.2. The molecule has 3 aromatic rings. The Labute approximate surface area is 251 Å². The fraction of sp³-hybridized carbons (Fsp3) is 0.424. The summed E-state index contributed by atoms with van der Waals surface area (Å²) in [6.07, 6.45) is 2.07. The van der Waals surface area contributed by atoms with Crippen LogP contribution in [-0.2, 0) is 21.2 Å². The summed E-state index contributed by atoms with van der Waals surface area (Å²) >= 11 is 0. The van der Waals surface area contributed by atoms with Gasteiger partial charge in [0.25, 0.3) is 0 Å². The minimum absolute atomic E-state index is 0.00658. The quantitative estimate of drug-likeness (QED) is 0.328. The summed E-state index contributed by atoms with van der Waals surface area (Å²) in [5, 5.41) is 9.17. The van der Waals surface area contributed by atoms with Gasteiger partial charge in [0.1, 0.15) is 29.2 Å². The summed E-state index contributed by atoms with van der Waals surface area (Å²) < 4.78 is 58.5. The van der Waals surface area contributed by atoms with Crippen LogP contribution in [0.3, 0.4) is 0 Å². The van der Waals surface area contributed by atoms with E-state index in [0.717, 1.165) is 39.1 Å². The molecule has 1 saturated heterocycles. The Morgan fingerprint density at radius 3 is 2.51 bits per heavy atom. The molecule has 2 atom stereocenters. The molecule has 3 aliphatic rings. The summed E-state index contributed by atoms with van der Waals surface area (Å²) in [4.78, 5) is 11.2. The van der Waals surface area contributed by atoms with Crippen LogP contribution < -0.4 is 14.2 Å². The molecule has 0 radical (unpaired) electrons. The molecule has 10 heteroatoms. The summed E-state index contributed by atoms with van der Waals surface area (Å²) in [6, 6.07) is 12.7. The first-order valence-electron chi connectivity index (χ1n) is 14.5. The lowest BCUT2D eigenvalue weighted by molar-refractivity contribution is -0.137. The summed E-state index contributed by atoms with van der Waals surface area (Å²) in [5.74, 6) is 0.544. The van der Waals surface area contributed by atoms with E-state index >= 15 is 4.39 Å². The summed E-state index contributed by atoms with van der Waals surface area (Å²) in [6.45, 7) is 7.68. The molecule has 2 heterocycles. The number of hydrogen-bond donors (Lipinski definition) is 1. The Morgan fingerprint density at radius 2 is 1.84 bits per heavy atom. The number of sulfonamides is 1. The van der Waals surface area contributed by atoms with Crippen molar-refractivity contribution in [2.24, 2.45) is 5.41 Å². The second kappa shape index (κ2) is 10.8. The van der Waals surface area contributed by atoms with Crippen molar-refractivity contribution in [1.29, 1.82) is 0 Å². The number of carboxylic acids is 1. The molecule has 8 nitrogen and oxygen atoms in total. The third-order valence-corrected chi connectivity index (χ3v) is 9.99. The van der Waals surface area contributed by atoms with Crippen molar-refractivity contribution < 1.29 is 36.9 Å². The van der Waals surface area contributed by atoms with Crippen molar-refractivity contribution >= 4 is 16.0 Å². The van der Waals surface area contributed by atoms with Crippen LogP contribution in [0.1, 0.15) is 59.6 Å². The number of carbonyl (C=O) groups is 1. The van der Waals surface area contributed by atoms with Gasteiger partial charge in [-0.05, 0) is 78.8 Å². The largest absolute Gasteiger partial charge is 0.493 e. The number of nitrogens with zero attached hydrogens (tertiary/aromatic N) is 1. The van der Waals surface area contributed by atoms with Crippen LogP contribution in [-0.4, -0.2) is 56.4 Å².